The molecule has 0 aliphatic carbocycles. The lowest BCUT2D eigenvalue weighted by Crippen LogP contribution is -2.15. The Morgan fingerprint density at radius 2 is 1.64 bits per heavy atom. The average Bonchev–Trinajstić information content (AvgIpc) is 2.52. The molecule has 0 unspecified atom stereocenters. The summed E-state index contributed by atoms with van der Waals surface area (Å²) in [7, 11) is 0. The maximum atomic E-state index is 12.2. The van der Waals surface area contributed by atoms with Gasteiger partial charge in [-0.1, -0.05) is 24.3 Å². The molecule has 116 valence electrons. The van der Waals surface area contributed by atoms with Crippen molar-refractivity contribution < 1.29 is 14.3 Å². The van der Waals surface area contributed by atoms with Gasteiger partial charge in [-0.2, -0.15) is 0 Å². The second kappa shape index (κ2) is 8.08. The molecule has 0 aliphatic rings. The third kappa shape index (κ3) is 4.52. The molecule has 4 heteroatoms. The summed E-state index contributed by atoms with van der Waals surface area (Å²) in [6, 6.07) is 15.0. The van der Waals surface area contributed by atoms with Gasteiger partial charge in [0.1, 0.15) is 11.5 Å². The molecule has 0 spiro atoms. The first-order valence-electron chi connectivity index (χ1n) is 7.46. The van der Waals surface area contributed by atoms with E-state index < -0.39 is 0 Å². The molecule has 0 atom stereocenters. The fourth-order valence-electron chi connectivity index (χ4n) is 2.10. The Morgan fingerprint density at radius 1 is 0.955 bits per heavy atom. The second-order valence-electron chi connectivity index (χ2n) is 4.73. The van der Waals surface area contributed by atoms with Crippen molar-refractivity contribution in [3.63, 3.8) is 0 Å². The first kappa shape index (κ1) is 15.9. The van der Waals surface area contributed by atoms with Gasteiger partial charge in [-0.05, 0) is 43.7 Å². The van der Waals surface area contributed by atoms with Gasteiger partial charge < -0.3 is 14.8 Å². The van der Waals surface area contributed by atoms with Crippen LogP contribution < -0.4 is 14.8 Å². The Morgan fingerprint density at radius 3 is 2.32 bits per heavy atom. The number of ether oxygens (including phenoxy) is 2. The predicted molar refractivity (Wildman–Crippen MR) is 87.6 cm³/mol. The van der Waals surface area contributed by atoms with Gasteiger partial charge >= 0.3 is 0 Å². The summed E-state index contributed by atoms with van der Waals surface area (Å²) in [4.78, 5) is 12.2. The van der Waals surface area contributed by atoms with Gasteiger partial charge in [-0.15, -0.1) is 0 Å². The van der Waals surface area contributed by atoms with Crippen LogP contribution >= 0.6 is 0 Å². The van der Waals surface area contributed by atoms with Gasteiger partial charge in [-0.25, -0.2) is 0 Å². The SMILES string of the molecule is CCOc1ccc(CC(=O)Nc2ccccc2OCC)cc1. The van der Waals surface area contributed by atoms with E-state index in [2.05, 4.69) is 5.32 Å². The normalized spacial score (nSPS) is 10.1. The molecule has 0 aliphatic heterocycles. The Bertz CT molecular complexity index is 608. The van der Waals surface area contributed by atoms with Crippen molar-refractivity contribution in [2.24, 2.45) is 0 Å². The summed E-state index contributed by atoms with van der Waals surface area (Å²) < 4.78 is 10.9. The van der Waals surface area contributed by atoms with Gasteiger partial charge in [0, 0.05) is 0 Å². The van der Waals surface area contributed by atoms with Crippen molar-refractivity contribution in [2.75, 3.05) is 18.5 Å². The Balaban J connectivity index is 1.98. The Labute approximate surface area is 131 Å². The summed E-state index contributed by atoms with van der Waals surface area (Å²) in [6.07, 6.45) is 0.312. The number of hydrogen-bond donors (Lipinski definition) is 1. The van der Waals surface area contributed by atoms with E-state index in [9.17, 15) is 4.79 Å². The van der Waals surface area contributed by atoms with Crippen LogP contribution in [-0.4, -0.2) is 19.1 Å². The van der Waals surface area contributed by atoms with Crippen LogP contribution in [0.4, 0.5) is 5.69 Å². The van der Waals surface area contributed by atoms with E-state index in [1.165, 1.54) is 0 Å². The van der Waals surface area contributed by atoms with E-state index in [0.717, 1.165) is 11.3 Å². The minimum absolute atomic E-state index is 0.0729. The van der Waals surface area contributed by atoms with Crippen molar-refractivity contribution in [1.82, 2.24) is 0 Å². The number of nitrogens with one attached hydrogen (secondary N) is 1. The van der Waals surface area contributed by atoms with E-state index in [1.807, 2.05) is 62.4 Å². The topological polar surface area (TPSA) is 47.6 Å². The van der Waals surface area contributed by atoms with Crippen LogP contribution in [0.2, 0.25) is 0 Å². The summed E-state index contributed by atoms with van der Waals surface area (Å²) in [5.74, 6) is 1.43. The molecule has 0 aromatic heterocycles. The molecular formula is C18H21NO3. The van der Waals surface area contributed by atoms with Gasteiger partial charge in [-0.3, -0.25) is 4.79 Å². The van der Waals surface area contributed by atoms with E-state index >= 15 is 0 Å². The highest BCUT2D eigenvalue weighted by Crippen LogP contribution is 2.24. The van der Waals surface area contributed by atoms with Crippen LogP contribution in [0.25, 0.3) is 0 Å². The van der Waals surface area contributed by atoms with E-state index in [1.54, 1.807) is 0 Å². The van der Waals surface area contributed by atoms with Gasteiger partial charge in [0.15, 0.2) is 0 Å². The lowest BCUT2D eigenvalue weighted by Gasteiger charge is -2.11. The molecule has 1 amide bonds. The third-order valence-electron chi connectivity index (χ3n) is 3.06. The molecule has 1 N–H and O–H groups in total. The molecule has 22 heavy (non-hydrogen) atoms. The fourth-order valence-corrected chi connectivity index (χ4v) is 2.10. The number of carbonyl (C=O) groups is 1. The van der Waals surface area contributed by atoms with Crippen LogP contribution in [-0.2, 0) is 11.2 Å². The lowest BCUT2D eigenvalue weighted by molar-refractivity contribution is -0.115. The predicted octanol–water partition coefficient (Wildman–Crippen LogP) is 3.67. The zero-order chi connectivity index (χ0) is 15.8. The molecular weight excluding hydrogens is 278 g/mol. The number of amides is 1. The summed E-state index contributed by atoms with van der Waals surface area (Å²) in [6.45, 7) is 5.05. The lowest BCUT2D eigenvalue weighted by atomic mass is 10.1. The molecule has 0 saturated heterocycles. The van der Waals surface area contributed by atoms with Crippen molar-refractivity contribution in [1.29, 1.82) is 0 Å². The van der Waals surface area contributed by atoms with Gasteiger partial charge in [0.05, 0.1) is 25.3 Å². The highest BCUT2D eigenvalue weighted by Gasteiger charge is 2.08. The van der Waals surface area contributed by atoms with E-state index in [0.29, 0.717) is 31.1 Å². The highest BCUT2D eigenvalue weighted by molar-refractivity contribution is 5.93. The molecule has 4 nitrogen and oxygen atoms in total. The van der Waals surface area contributed by atoms with Crippen molar-refractivity contribution >= 4 is 11.6 Å². The van der Waals surface area contributed by atoms with Crippen LogP contribution in [0, 0.1) is 0 Å². The van der Waals surface area contributed by atoms with Gasteiger partial charge in [0.2, 0.25) is 5.91 Å². The highest BCUT2D eigenvalue weighted by atomic mass is 16.5. The fraction of sp³-hybridized carbons (Fsp3) is 0.278. The average molecular weight is 299 g/mol. The molecule has 2 aromatic carbocycles. The number of rotatable bonds is 7. The zero-order valence-corrected chi connectivity index (χ0v) is 13.0. The van der Waals surface area contributed by atoms with Gasteiger partial charge in [0.25, 0.3) is 0 Å². The summed E-state index contributed by atoms with van der Waals surface area (Å²) in [5.41, 5.74) is 1.63. The number of carbonyl (C=O) groups excluding carboxylic acids is 1. The standard InChI is InChI=1S/C18H21NO3/c1-3-21-15-11-9-14(10-12-15)13-18(20)19-16-7-5-6-8-17(16)22-4-2/h5-12H,3-4,13H2,1-2H3,(H,19,20). The smallest absolute Gasteiger partial charge is 0.228 e. The molecule has 2 aromatic rings. The van der Waals surface area contributed by atoms with Crippen molar-refractivity contribution in [3.8, 4) is 11.5 Å². The molecule has 0 heterocycles. The van der Waals surface area contributed by atoms with Crippen molar-refractivity contribution in [2.45, 2.75) is 20.3 Å². The minimum Gasteiger partial charge on any atom is -0.494 e. The van der Waals surface area contributed by atoms with E-state index in [-0.39, 0.29) is 5.91 Å². The van der Waals surface area contributed by atoms with Crippen LogP contribution in [0.1, 0.15) is 19.4 Å². The minimum atomic E-state index is -0.0729. The number of para-hydroxylation sites is 2. The molecule has 0 saturated carbocycles. The third-order valence-corrected chi connectivity index (χ3v) is 3.06. The quantitative estimate of drug-likeness (QED) is 0.848. The monoisotopic (exact) mass is 299 g/mol. The largest absolute Gasteiger partial charge is 0.494 e. The number of benzene rings is 2. The van der Waals surface area contributed by atoms with Crippen LogP contribution in [0.3, 0.4) is 0 Å². The van der Waals surface area contributed by atoms with Crippen molar-refractivity contribution in [3.05, 3.63) is 54.1 Å². The van der Waals surface area contributed by atoms with Crippen LogP contribution in [0.5, 0.6) is 11.5 Å². The molecule has 0 radical (unpaired) electrons. The molecule has 0 fully saturated rings. The summed E-state index contributed by atoms with van der Waals surface area (Å²) >= 11 is 0. The van der Waals surface area contributed by atoms with Crippen LogP contribution in [0.15, 0.2) is 48.5 Å². The zero-order valence-electron chi connectivity index (χ0n) is 13.0. The van der Waals surface area contributed by atoms with E-state index in [4.69, 9.17) is 9.47 Å². The first-order chi connectivity index (χ1) is 10.7. The Kier molecular flexibility index (Phi) is 5.83. The maximum Gasteiger partial charge on any atom is 0.228 e. The molecule has 0 bridgehead atoms. The molecule has 2 rings (SSSR count). The first-order valence-corrected chi connectivity index (χ1v) is 7.46. The summed E-state index contributed by atoms with van der Waals surface area (Å²) in [5, 5.41) is 2.89. The Hall–Kier alpha value is -2.49. The number of anilines is 1. The maximum absolute atomic E-state index is 12.2. The number of hydrogen-bond acceptors (Lipinski definition) is 3. The second-order valence-corrected chi connectivity index (χ2v) is 4.73.